The monoisotopic (exact) mass is 414 g/mol. The van der Waals surface area contributed by atoms with Crippen LogP contribution in [0.25, 0.3) is 0 Å². The largest absolute Gasteiger partial charge is 0.332 e. The van der Waals surface area contributed by atoms with Crippen molar-refractivity contribution in [2.75, 3.05) is 18.9 Å². The summed E-state index contributed by atoms with van der Waals surface area (Å²) in [4.78, 5) is 26.4. The number of rotatable bonds is 4. The van der Waals surface area contributed by atoms with Gasteiger partial charge in [0.15, 0.2) is 0 Å². The summed E-state index contributed by atoms with van der Waals surface area (Å²) in [6.45, 7) is 1.95. The van der Waals surface area contributed by atoms with Crippen molar-refractivity contribution >= 4 is 33.4 Å². The fourth-order valence-electron chi connectivity index (χ4n) is 3.33. The molecule has 2 amide bonds. The van der Waals surface area contributed by atoms with E-state index in [1.807, 2.05) is 37.3 Å². The Bertz CT molecular complexity index is 848. The second kappa shape index (κ2) is 8.04. The van der Waals surface area contributed by atoms with Crippen LogP contribution in [0, 0.1) is 6.92 Å². The highest BCUT2D eigenvalue weighted by Gasteiger charge is 2.18. The van der Waals surface area contributed by atoms with Crippen molar-refractivity contribution in [2.45, 2.75) is 32.6 Å². The number of fused-ring (bicyclic) bond motifs is 1. The molecular weight excluding hydrogens is 392 g/mol. The quantitative estimate of drug-likeness (QED) is 0.808. The standard InChI is InChI=1S/C21H23BrN2O2/c1-14-11-18(22)9-10-19(14)23-20(25)13-24(2)21(26)17-8-7-15-5-3-4-6-16(15)12-17/h7-12H,3-6,13H2,1-2H3,(H,23,25). The van der Waals surface area contributed by atoms with Crippen molar-refractivity contribution in [3.05, 3.63) is 63.1 Å². The predicted octanol–water partition coefficient (Wildman–Crippen LogP) is 4.35. The minimum Gasteiger partial charge on any atom is -0.332 e. The highest BCUT2D eigenvalue weighted by molar-refractivity contribution is 9.10. The molecule has 0 spiro atoms. The maximum absolute atomic E-state index is 12.7. The van der Waals surface area contributed by atoms with Gasteiger partial charge in [0.05, 0.1) is 6.54 Å². The van der Waals surface area contributed by atoms with Gasteiger partial charge in [-0.15, -0.1) is 0 Å². The van der Waals surface area contributed by atoms with E-state index in [-0.39, 0.29) is 18.4 Å². The summed E-state index contributed by atoms with van der Waals surface area (Å²) in [6.07, 6.45) is 4.52. The van der Waals surface area contributed by atoms with Crippen LogP contribution in [0.2, 0.25) is 0 Å². The van der Waals surface area contributed by atoms with E-state index in [1.165, 1.54) is 28.9 Å². The summed E-state index contributed by atoms with van der Waals surface area (Å²) in [5.41, 5.74) is 4.99. The highest BCUT2D eigenvalue weighted by Crippen LogP contribution is 2.23. The van der Waals surface area contributed by atoms with Crippen LogP contribution in [0.5, 0.6) is 0 Å². The van der Waals surface area contributed by atoms with Gasteiger partial charge in [-0.1, -0.05) is 22.0 Å². The first-order chi connectivity index (χ1) is 12.4. The summed E-state index contributed by atoms with van der Waals surface area (Å²) in [7, 11) is 1.66. The zero-order valence-electron chi connectivity index (χ0n) is 15.1. The van der Waals surface area contributed by atoms with Crippen LogP contribution in [-0.4, -0.2) is 30.3 Å². The number of nitrogens with zero attached hydrogens (tertiary/aromatic N) is 1. The molecule has 0 heterocycles. The van der Waals surface area contributed by atoms with E-state index >= 15 is 0 Å². The lowest BCUT2D eigenvalue weighted by Crippen LogP contribution is -2.35. The van der Waals surface area contributed by atoms with Gasteiger partial charge in [-0.05, 0) is 79.6 Å². The molecule has 5 heteroatoms. The molecule has 0 radical (unpaired) electrons. The van der Waals surface area contributed by atoms with Crippen molar-refractivity contribution in [3.8, 4) is 0 Å². The third kappa shape index (κ3) is 4.33. The zero-order valence-corrected chi connectivity index (χ0v) is 16.7. The minimum atomic E-state index is -0.204. The Morgan fingerprint density at radius 3 is 2.54 bits per heavy atom. The highest BCUT2D eigenvalue weighted by atomic mass is 79.9. The lowest BCUT2D eigenvalue weighted by atomic mass is 9.90. The Morgan fingerprint density at radius 2 is 1.81 bits per heavy atom. The average molecular weight is 415 g/mol. The number of anilines is 1. The van der Waals surface area contributed by atoms with E-state index < -0.39 is 0 Å². The van der Waals surface area contributed by atoms with Gasteiger partial charge in [-0.3, -0.25) is 9.59 Å². The van der Waals surface area contributed by atoms with Crippen molar-refractivity contribution in [2.24, 2.45) is 0 Å². The molecule has 2 aromatic carbocycles. The molecule has 0 saturated carbocycles. The molecule has 4 nitrogen and oxygen atoms in total. The molecule has 0 aromatic heterocycles. The van der Waals surface area contributed by atoms with Gasteiger partial charge in [0.2, 0.25) is 5.91 Å². The number of amides is 2. The van der Waals surface area contributed by atoms with E-state index in [1.54, 1.807) is 7.05 Å². The molecule has 0 atom stereocenters. The maximum Gasteiger partial charge on any atom is 0.254 e. The molecular formula is C21H23BrN2O2. The molecule has 0 aliphatic heterocycles. The molecule has 0 bridgehead atoms. The van der Waals surface area contributed by atoms with Gasteiger partial charge >= 0.3 is 0 Å². The van der Waals surface area contributed by atoms with E-state index in [0.717, 1.165) is 28.6 Å². The number of nitrogens with one attached hydrogen (secondary N) is 1. The number of hydrogen-bond acceptors (Lipinski definition) is 2. The molecule has 0 unspecified atom stereocenters. The normalized spacial score (nSPS) is 13.0. The SMILES string of the molecule is Cc1cc(Br)ccc1NC(=O)CN(C)C(=O)c1ccc2c(c1)CCCC2. The van der Waals surface area contributed by atoms with Crippen LogP contribution in [0.3, 0.4) is 0 Å². The lowest BCUT2D eigenvalue weighted by molar-refractivity contribution is -0.116. The first-order valence-corrected chi connectivity index (χ1v) is 9.66. The second-order valence-corrected chi connectivity index (χ2v) is 7.77. The van der Waals surface area contributed by atoms with Crippen molar-refractivity contribution in [1.82, 2.24) is 4.90 Å². The summed E-state index contributed by atoms with van der Waals surface area (Å²) >= 11 is 3.41. The van der Waals surface area contributed by atoms with Crippen molar-refractivity contribution in [3.63, 3.8) is 0 Å². The molecule has 1 aliphatic carbocycles. The van der Waals surface area contributed by atoms with Gasteiger partial charge in [0, 0.05) is 22.8 Å². The molecule has 1 aliphatic rings. The topological polar surface area (TPSA) is 49.4 Å². The smallest absolute Gasteiger partial charge is 0.254 e. The molecule has 0 saturated heterocycles. The number of carbonyl (C=O) groups is 2. The summed E-state index contributed by atoms with van der Waals surface area (Å²) < 4.78 is 0.965. The Morgan fingerprint density at radius 1 is 1.08 bits per heavy atom. The number of aryl methyl sites for hydroxylation is 3. The van der Waals surface area contributed by atoms with Gasteiger partial charge in [-0.2, -0.15) is 0 Å². The van der Waals surface area contributed by atoms with E-state index in [9.17, 15) is 9.59 Å². The van der Waals surface area contributed by atoms with Crippen LogP contribution in [0.15, 0.2) is 40.9 Å². The van der Waals surface area contributed by atoms with Crippen LogP contribution >= 0.6 is 15.9 Å². The van der Waals surface area contributed by atoms with Crippen LogP contribution in [0.1, 0.15) is 39.9 Å². The summed E-state index contributed by atoms with van der Waals surface area (Å²) in [6, 6.07) is 11.6. The molecule has 26 heavy (non-hydrogen) atoms. The number of hydrogen-bond donors (Lipinski definition) is 1. The van der Waals surface area contributed by atoms with Gasteiger partial charge in [0.1, 0.15) is 0 Å². The number of benzene rings is 2. The number of carbonyl (C=O) groups excluding carboxylic acids is 2. The average Bonchev–Trinajstić information content (AvgIpc) is 2.63. The Hall–Kier alpha value is -2.14. The third-order valence-electron chi connectivity index (χ3n) is 4.79. The molecule has 0 fully saturated rings. The van der Waals surface area contributed by atoms with E-state index in [4.69, 9.17) is 0 Å². The first kappa shape index (κ1) is 18.6. The van der Waals surface area contributed by atoms with E-state index in [0.29, 0.717) is 5.56 Å². The summed E-state index contributed by atoms with van der Waals surface area (Å²) in [5, 5.41) is 2.87. The van der Waals surface area contributed by atoms with Crippen LogP contribution < -0.4 is 5.32 Å². The third-order valence-corrected chi connectivity index (χ3v) is 5.28. The molecule has 3 rings (SSSR count). The van der Waals surface area contributed by atoms with Gasteiger partial charge < -0.3 is 10.2 Å². The Balaban J connectivity index is 1.64. The Labute approximate surface area is 162 Å². The molecule has 1 N–H and O–H groups in total. The van der Waals surface area contributed by atoms with Gasteiger partial charge in [0.25, 0.3) is 5.91 Å². The fraction of sp³-hybridized carbons (Fsp3) is 0.333. The van der Waals surface area contributed by atoms with Crippen molar-refractivity contribution < 1.29 is 9.59 Å². The van der Waals surface area contributed by atoms with Crippen LogP contribution in [0.4, 0.5) is 5.69 Å². The summed E-state index contributed by atoms with van der Waals surface area (Å²) in [5.74, 6) is -0.328. The zero-order chi connectivity index (χ0) is 18.7. The fourth-order valence-corrected chi connectivity index (χ4v) is 3.81. The van der Waals surface area contributed by atoms with E-state index in [2.05, 4.69) is 27.3 Å². The van der Waals surface area contributed by atoms with Crippen molar-refractivity contribution in [1.29, 1.82) is 0 Å². The van der Waals surface area contributed by atoms with Gasteiger partial charge in [-0.25, -0.2) is 0 Å². The molecule has 2 aromatic rings. The number of likely N-dealkylation sites (N-methyl/N-ethyl adjacent to an activating group) is 1. The first-order valence-electron chi connectivity index (χ1n) is 8.87. The Kier molecular flexibility index (Phi) is 5.77. The predicted molar refractivity (Wildman–Crippen MR) is 108 cm³/mol. The molecule has 136 valence electrons. The lowest BCUT2D eigenvalue weighted by Gasteiger charge is -2.20. The second-order valence-electron chi connectivity index (χ2n) is 6.86. The van der Waals surface area contributed by atoms with Crippen LogP contribution in [-0.2, 0) is 17.6 Å². The minimum absolute atomic E-state index is 0.0193. The maximum atomic E-state index is 12.7. The number of halogens is 1.